The molecule has 1 saturated carbocycles. The summed E-state index contributed by atoms with van der Waals surface area (Å²) in [4.78, 5) is 12.9. The average Bonchev–Trinajstić information content (AvgIpc) is 2.67. The Balaban J connectivity index is 1.99. The van der Waals surface area contributed by atoms with E-state index in [0.29, 0.717) is 0 Å². The van der Waals surface area contributed by atoms with E-state index in [0.717, 1.165) is 42.4 Å². The molecule has 1 N–H and O–H groups in total. The van der Waals surface area contributed by atoms with Crippen LogP contribution in [0.2, 0.25) is 0 Å². The fourth-order valence-electron chi connectivity index (χ4n) is 3.72. The molecule has 0 aromatic heterocycles. The molecule has 0 bridgehead atoms. The minimum Gasteiger partial charge on any atom is -0.342 e. The van der Waals surface area contributed by atoms with Crippen LogP contribution in [0, 0.1) is 11.3 Å². The predicted octanol–water partition coefficient (Wildman–Crippen LogP) is 4.20. The van der Waals surface area contributed by atoms with E-state index in [-0.39, 0.29) is 12.5 Å². The Morgan fingerprint density at radius 1 is 1.00 bits per heavy atom. The third-order valence-electron chi connectivity index (χ3n) is 4.99. The van der Waals surface area contributed by atoms with Crippen molar-refractivity contribution >= 4 is 5.91 Å². The smallest absolute Gasteiger partial charge is 0.231 e. The van der Waals surface area contributed by atoms with E-state index in [1.807, 2.05) is 30.3 Å². The van der Waals surface area contributed by atoms with Crippen LogP contribution in [0.25, 0.3) is 11.1 Å². The first-order chi connectivity index (χ1) is 11.8. The van der Waals surface area contributed by atoms with Crippen LogP contribution in [0.4, 0.5) is 0 Å². The van der Waals surface area contributed by atoms with Crippen molar-refractivity contribution in [1.82, 2.24) is 5.32 Å². The molecule has 1 fully saturated rings. The van der Waals surface area contributed by atoms with Crippen LogP contribution in [-0.2, 0) is 10.2 Å². The van der Waals surface area contributed by atoms with E-state index in [1.54, 1.807) is 0 Å². The lowest BCUT2D eigenvalue weighted by Crippen LogP contribution is -2.46. The molecule has 0 radical (unpaired) electrons. The fraction of sp³-hybridized carbons (Fsp3) is 0.333. The maximum Gasteiger partial charge on any atom is 0.231 e. The van der Waals surface area contributed by atoms with E-state index >= 15 is 0 Å². The van der Waals surface area contributed by atoms with Crippen molar-refractivity contribution in [2.24, 2.45) is 0 Å². The highest BCUT2D eigenvalue weighted by atomic mass is 16.2. The average molecular weight is 318 g/mol. The molecule has 0 atom stereocenters. The zero-order valence-electron chi connectivity index (χ0n) is 13.8. The van der Waals surface area contributed by atoms with Gasteiger partial charge in [0.05, 0.1) is 11.5 Å². The Morgan fingerprint density at radius 3 is 2.42 bits per heavy atom. The number of nitriles is 1. The maximum absolute atomic E-state index is 12.9. The van der Waals surface area contributed by atoms with E-state index in [4.69, 9.17) is 5.26 Å². The summed E-state index contributed by atoms with van der Waals surface area (Å²) in [5.41, 5.74) is 2.85. The van der Waals surface area contributed by atoms with Gasteiger partial charge in [-0.15, -0.1) is 0 Å². The van der Waals surface area contributed by atoms with Gasteiger partial charge in [-0.1, -0.05) is 73.9 Å². The van der Waals surface area contributed by atoms with Crippen LogP contribution in [-0.4, -0.2) is 12.5 Å². The highest BCUT2D eigenvalue weighted by Crippen LogP contribution is 2.40. The van der Waals surface area contributed by atoms with Gasteiger partial charge in [-0.3, -0.25) is 4.79 Å². The van der Waals surface area contributed by atoms with Gasteiger partial charge in [0, 0.05) is 0 Å². The van der Waals surface area contributed by atoms with Crippen LogP contribution in [0.15, 0.2) is 54.6 Å². The van der Waals surface area contributed by atoms with Crippen LogP contribution >= 0.6 is 0 Å². The molecule has 122 valence electrons. The molecule has 1 aliphatic rings. The molecule has 2 aromatic carbocycles. The summed E-state index contributed by atoms with van der Waals surface area (Å²) in [5, 5.41) is 11.6. The van der Waals surface area contributed by atoms with Gasteiger partial charge in [0.25, 0.3) is 0 Å². The summed E-state index contributed by atoms with van der Waals surface area (Å²) in [6.07, 6.45) is 4.97. The summed E-state index contributed by atoms with van der Waals surface area (Å²) in [6.45, 7) is 0.0684. The molecule has 1 aliphatic carbocycles. The van der Waals surface area contributed by atoms with Crippen molar-refractivity contribution in [2.45, 2.75) is 37.5 Å². The predicted molar refractivity (Wildman–Crippen MR) is 95.3 cm³/mol. The molecule has 2 aromatic rings. The Kier molecular flexibility index (Phi) is 4.96. The molecular weight excluding hydrogens is 296 g/mol. The number of carbonyl (C=O) groups is 1. The summed E-state index contributed by atoms with van der Waals surface area (Å²) in [5.74, 6) is -0.00559. The second-order valence-corrected chi connectivity index (χ2v) is 6.43. The van der Waals surface area contributed by atoms with Crippen molar-refractivity contribution < 1.29 is 4.79 Å². The number of hydrogen-bond acceptors (Lipinski definition) is 2. The normalized spacial score (nSPS) is 16.1. The Hall–Kier alpha value is -2.60. The van der Waals surface area contributed by atoms with E-state index in [1.165, 1.54) is 6.42 Å². The standard InChI is InChI=1S/C21H22N2O/c22-14-15-23-20(24)21(12-5-2-6-13-21)19-11-7-10-18(16-19)17-8-3-1-4-9-17/h1,3-4,7-11,16H,2,5-6,12-13,15H2,(H,23,24). The first kappa shape index (κ1) is 16.3. The molecule has 0 saturated heterocycles. The monoisotopic (exact) mass is 318 g/mol. The van der Waals surface area contributed by atoms with Crippen molar-refractivity contribution in [3.05, 3.63) is 60.2 Å². The molecule has 0 heterocycles. The van der Waals surface area contributed by atoms with Gasteiger partial charge < -0.3 is 5.32 Å². The van der Waals surface area contributed by atoms with Crippen LogP contribution in [0.5, 0.6) is 0 Å². The quantitative estimate of drug-likeness (QED) is 0.859. The summed E-state index contributed by atoms with van der Waals surface area (Å²) < 4.78 is 0. The zero-order chi connectivity index (χ0) is 16.8. The van der Waals surface area contributed by atoms with Gasteiger partial charge in [-0.2, -0.15) is 5.26 Å². The maximum atomic E-state index is 12.9. The van der Waals surface area contributed by atoms with Gasteiger partial charge in [-0.25, -0.2) is 0 Å². The first-order valence-electron chi connectivity index (χ1n) is 8.57. The molecule has 1 amide bonds. The molecule has 0 unspecified atom stereocenters. The number of carbonyl (C=O) groups excluding carboxylic acids is 1. The lowest BCUT2D eigenvalue weighted by molar-refractivity contribution is -0.127. The third-order valence-corrected chi connectivity index (χ3v) is 4.99. The van der Waals surface area contributed by atoms with E-state index < -0.39 is 5.41 Å². The molecule has 3 rings (SSSR count). The minimum atomic E-state index is -0.500. The highest BCUT2D eigenvalue weighted by molar-refractivity contribution is 5.89. The molecule has 3 nitrogen and oxygen atoms in total. The van der Waals surface area contributed by atoms with Crippen molar-refractivity contribution in [2.75, 3.05) is 6.54 Å². The van der Waals surface area contributed by atoms with Gasteiger partial charge in [0.2, 0.25) is 5.91 Å². The fourth-order valence-corrected chi connectivity index (χ4v) is 3.72. The van der Waals surface area contributed by atoms with Gasteiger partial charge in [-0.05, 0) is 29.5 Å². The number of hydrogen-bond donors (Lipinski definition) is 1. The van der Waals surface area contributed by atoms with Crippen LogP contribution in [0.3, 0.4) is 0 Å². The minimum absolute atomic E-state index is 0.00559. The number of amides is 1. The van der Waals surface area contributed by atoms with Crippen molar-refractivity contribution in [1.29, 1.82) is 5.26 Å². The largest absolute Gasteiger partial charge is 0.342 e. The third kappa shape index (κ3) is 3.19. The SMILES string of the molecule is N#CCNC(=O)C1(c2cccc(-c3ccccc3)c2)CCCCC1. The highest BCUT2D eigenvalue weighted by Gasteiger charge is 2.41. The van der Waals surface area contributed by atoms with Crippen LogP contribution < -0.4 is 5.32 Å². The first-order valence-corrected chi connectivity index (χ1v) is 8.57. The number of nitrogens with zero attached hydrogens (tertiary/aromatic N) is 1. The summed E-state index contributed by atoms with van der Waals surface area (Å²) >= 11 is 0. The second-order valence-electron chi connectivity index (χ2n) is 6.43. The van der Waals surface area contributed by atoms with Gasteiger partial charge in [0.15, 0.2) is 0 Å². The topological polar surface area (TPSA) is 52.9 Å². The van der Waals surface area contributed by atoms with Gasteiger partial charge in [0.1, 0.15) is 6.54 Å². The molecule has 3 heteroatoms. The second kappa shape index (κ2) is 7.31. The number of nitrogens with one attached hydrogen (secondary N) is 1. The Bertz CT molecular complexity index is 740. The van der Waals surface area contributed by atoms with Gasteiger partial charge >= 0.3 is 0 Å². The lowest BCUT2D eigenvalue weighted by Gasteiger charge is -2.36. The Morgan fingerprint density at radius 2 is 1.71 bits per heavy atom. The van der Waals surface area contributed by atoms with Crippen molar-refractivity contribution in [3.8, 4) is 17.2 Å². The summed E-state index contributed by atoms with van der Waals surface area (Å²) in [6, 6.07) is 20.6. The van der Waals surface area contributed by atoms with E-state index in [9.17, 15) is 4.79 Å². The zero-order valence-corrected chi connectivity index (χ0v) is 13.8. The number of benzene rings is 2. The molecular formula is C21H22N2O. The molecule has 0 aliphatic heterocycles. The number of rotatable bonds is 4. The molecule has 24 heavy (non-hydrogen) atoms. The van der Waals surface area contributed by atoms with Crippen LogP contribution in [0.1, 0.15) is 37.7 Å². The summed E-state index contributed by atoms with van der Waals surface area (Å²) in [7, 11) is 0. The molecule has 0 spiro atoms. The van der Waals surface area contributed by atoms with E-state index in [2.05, 4.69) is 35.6 Å². The lowest BCUT2D eigenvalue weighted by atomic mass is 9.68. The van der Waals surface area contributed by atoms with Crippen molar-refractivity contribution in [3.63, 3.8) is 0 Å². The Labute approximate surface area is 143 Å².